The van der Waals surface area contributed by atoms with Crippen molar-refractivity contribution in [3.8, 4) is 0 Å². The van der Waals surface area contributed by atoms with Crippen LogP contribution in [0.1, 0.15) is 5.56 Å². The summed E-state index contributed by atoms with van der Waals surface area (Å²) in [5, 5.41) is 0. The highest BCUT2D eigenvalue weighted by Crippen LogP contribution is 2.31. The Kier molecular flexibility index (Phi) is 3.00. The highest BCUT2D eigenvalue weighted by molar-refractivity contribution is 5.47. The molecule has 0 saturated heterocycles. The van der Waals surface area contributed by atoms with E-state index in [1.54, 1.807) is 19.0 Å². The molecule has 0 amide bonds. The lowest BCUT2D eigenvalue weighted by Gasteiger charge is -2.21. The topological polar surface area (TPSA) is 42.2 Å². The third kappa shape index (κ3) is 1.98. The van der Waals surface area contributed by atoms with Crippen LogP contribution in [0.15, 0.2) is 18.3 Å². The molecule has 1 rings (SSSR count). The molecule has 0 aliphatic heterocycles. The summed E-state index contributed by atoms with van der Waals surface area (Å²) in [4.78, 5) is 5.42. The van der Waals surface area contributed by atoms with Crippen LogP contribution in [-0.4, -0.2) is 25.6 Å². The molecule has 0 atom stereocenters. The Hall–Kier alpha value is -1.23. The van der Waals surface area contributed by atoms with Crippen molar-refractivity contribution in [2.75, 3.05) is 25.5 Å². The molecule has 3 nitrogen and oxygen atoms in total. The van der Waals surface area contributed by atoms with Gasteiger partial charge in [-0.2, -0.15) is 8.78 Å². The fraction of sp³-hybridized carbons (Fsp3) is 0.444. The molecule has 1 heterocycles. The van der Waals surface area contributed by atoms with Crippen molar-refractivity contribution in [2.45, 2.75) is 5.92 Å². The van der Waals surface area contributed by atoms with Gasteiger partial charge in [-0.25, -0.2) is 4.98 Å². The normalized spacial score (nSPS) is 11.5. The molecule has 14 heavy (non-hydrogen) atoms. The molecule has 78 valence electrons. The average molecular weight is 201 g/mol. The van der Waals surface area contributed by atoms with Crippen LogP contribution >= 0.6 is 0 Å². The summed E-state index contributed by atoms with van der Waals surface area (Å²) in [5.74, 6) is -2.77. The molecule has 2 N–H and O–H groups in total. The maximum atomic E-state index is 13.3. The third-order valence-corrected chi connectivity index (χ3v) is 1.86. The van der Waals surface area contributed by atoms with Crippen molar-refractivity contribution >= 4 is 5.82 Å². The number of nitrogens with zero attached hydrogens (tertiary/aromatic N) is 2. The van der Waals surface area contributed by atoms with Gasteiger partial charge >= 0.3 is 0 Å². The Bertz CT molecular complexity index is 313. The minimum Gasteiger partial charge on any atom is -0.362 e. The molecule has 0 unspecified atom stereocenters. The molecule has 0 aliphatic carbocycles. The number of hydrogen-bond acceptors (Lipinski definition) is 3. The smallest absolute Gasteiger partial charge is 0.288 e. The lowest BCUT2D eigenvalue weighted by molar-refractivity contribution is 0.00620. The zero-order valence-electron chi connectivity index (χ0n) is 8.17. The van der Waals surface area contributed by atoms with Crippen LogP contribution < -0.4 is 10.6 Å². The molecule has 5 heteroatoms. The molecular formula is C9H13F2N3. The largest absolute Gasteiger partial charge is 0.362 e. The standard InChI is InChI=1S/C9H13F2N3/c1-14(2)8-7(4-3-5-13-8)9(10,11)6-12/h3-5H,6,12H2,1-2H3. The molecule has 1 aromatic rings. The van der Waals surface area contributed by atoms with Gasteiger partial charge in [0.25, 0.3) is 5.92 Å². The summed E-state index contributed by atoms with van der Waals surface area (Å²) in [6, 6.07) is 2.82. The lowest BCUT2D eigenvalue weighted by atomic mass is 10.1. The summed E-state index contributed by atoms with van der Waals surface area (Å²) in [7, 11) is 3.33. The van der Waals surface area contributed by atoms with Gasteiger partial charge in [-0.05, 0) is 12.1 Å². The van der Waals surface area contributed by atoms with E-state index in [1.165, 1.54) is 18.3 Å². The zero-order valence-corrected chi connectivity index (χ0v) is 8.17. The summed E-state index contributed by atoms with van der Waals surface area (Å²) in [6.45, 7) is -0.709. The summed E-state index contributed by atoms with van der Waals surface area (Å²) < 4.78 is 26.6. The number of nitrogens with two attached hydrogens (primary N) is 1. The first kappa shape index (κ1) is 10.8. The fourth-order valence-electron chi connectivity index (χ4n) is 1.15. The molecule has 0 spiro atoms. The second kappa shape index (κ2) is 3.88. The van der Waals surface area contributed by atoms with Crippen LogP contribution in [0.25, 0.3) is 0 Å². The van der Waals surface area contributed by atoms with E-state index in [-0.39, 0.29) is 11.4 Å². The van der Waals surface area contributed by atoms with Gasteiger partial charge in [0.1, 0.15) is 5.82 Å². The minimum atomic E-state index is -3.02. The first-order valence-electron chi connectivity index (χ1n) is 4.19. The molecule has 0 aromatic carbocycles. The SMILES string of the molecule is CN(C)c1ncccc1C(F)(F)CN. The van der Waals surface area contributed by atoms with Crippen LogP contribution in [0.2, 0.25) is 0 Å². The van der Waals surface area contributed by atoms with Crippen LogP contribution in [0.4, 0.5) is 14.6 Å². The van der Waals surface area contributed by atoms with Gasteiger partial charge < -0.3 is 10.6 Å². The predicted molar refractivity (Wildman–Crippen MR) is 51.5 cm³/mol. The second-order valence-electron chi connectivity index (χ2n) is 3.18. The van der Waals surface area contributed by atoms with Crippen molar-refractivity contribution in [3.63, 3.8) is 0 Å². The van der Waals surface area contributed by atoms with E-state index in [2.05, 4.69) is 4.98 Å². The van der Waals surface area contributed by atoms with Crippen molar-refractivity contribution in [2.24, 2.45) is 5.73 Å². The molecular weight excluding hydrogens is 188 g/mol. The average Bonchev–Trinajstić information content (AvgIpc) is 2.18. The van der Waals surface area contributed by atoms with E-state index in [0.717, 1.165) is 0 Å². The maximum absolute atomic E-state index is 13.3. The van der Waals surface area contributed by atoms with Gasteiger partial charge in [0.15, 0.2) is 0 Å². The maximum Gasteiger partial charge on any atom is 0.288 e. The Morgan fingerprint density at radius 1 is 1.50 bits per heavy atom. The highest BCUT2D eigenvalue weighted by atomic mass is 19.3. The van der Waals surface area contributed by atoms with Crippen molar-refractivity contribution < 1.29 is 8.78 Å². The molecule has 0 fully saturated rings. The zero-order chi connectivity index (χ0) is 10.8. The highest BCUT2D eigenvalue weighted by Gasteiger charge is 2.33. The van der Waals surface area contributed by atoms with Crippen LogP contribution in [0.5, 0.6) is 0 Å². The van der Waals surface area contributed by atoms with E-state index < -0.39 is 12.5 Å². The number of hydrogen-bond donors (Lipinski definition) is 1. The van der Waals surface area contributed by atoms with Gasteiger partial charge in [-0.15, -0.1) is 0 Å². The number of anilines is 1. The minimum absolute atomic E-state index is 0.132. The monoisotopic (exact) mass is 201 g/mol. The van der Waals surface area contributed by atoms with Gasteiger partial charge in [-0.1, -0.05) is 0 Å². The molecule has 0 bridgehead atoms. The Labute approximate surface area is 81.5 Å². The summed E-state index contributed by atoms with van der Waals surface area (Å²) in [6.07, 6.45) is 1.48. The van der Waals surface area contributed by atoms with E-state index in [9.17, 15) is 8.78 Å². The molecule has 0 radical (unpaired) electrons. The first-order valence-corrected chi connectivity index (χ1v) is 4.19. The van der Waals surface area contributed by atoms with Crippen molar-refractivity contribution in [3.05, 3.63) is 23.9 Å². The number of pyridine rings is 1. The van der Waals surface area contributed by atoms with Gasteiger partial charge in [-0.3, -0.25) is 0 Å². The quantitative estimate of drug-likeness (QED) is 0.799. The lowest BCUT2D eigenvalue weighted by Crippen LogP contribution is -2.28. The number of aromatic nitrogens is 1. The Morgan fingerprint density at radius 2 is 2.14 bits per heavy atom. The van der Waals surface area contributed by atoms with Gasteiger partial charge in [0.05, 0.1) is 12.1 Å². The molecule has 0 saturated carbocycles. The van der Waals surface area contributed by atoms with Gasteiger partial charge in [0, 0.05) is 20.3 Å². The molecule has 1 aromatic heterocycles. The summed E-state index contributed by atoms with van der Waals surface area (Å²) in [5.41, 5.74) is 4.88. The molecule has 0 aliphatic rings. The summed E-state index contributed by atoms with van der Waals surface area (Å²) >= 11 is 0. The Balaban J connectivity index is 3.20. The van der Waals surface area contributed by atoms with E-state index in [1.807, 2.05) is 0 Å². The van der Waals surface area contributed by atoms with Crippen LogP contribution in [0, 0.1) is 0 Å². The number of alkyl halides is 2. The first-order chi connectivity index (χ1) is 6.49. The van der Waals surface area contributed by atoms with E-state index in [0.29, 0.717) is 0 Å². The third-order valence-electron chi connectivity index (χ3n) is 1.86. The second-order valence-corrected chi connectivity index (χ2v) is 3.18. The van der Waals surface area contributed by atoms with E-state index >= 15 is 0 Å². The number of halogens is 2. The predicted octanol–water partition coefficient (Wildman–Crippen LogP) is 1.20. The fourth-order valence-corrected chi connectivity index (χ4v) is 1.15. The van der Waals surface area contributed by atoms with Crippen LogP contribution in [0.3, 0.4) is 0 Å². The Morgan fingerprint density at radius 3 is 2.64 bits per heavy atom. The van der Waals surface area contributed by atoms with E-state index in [4.69, 9.17) is 5.73 Å². The van der Waals surface area contributed by atoms with Gasteiger partial charge in [0.2, 0.25) is 0 Å². The van der Waals surface area contributed by atoms with Crippen LogP contribution in [-0.2, 0) is 5.92 Å². The van der Waals surface area contributed by atoms with Crippen molar-refractivity contribution in [1.82, 2.24) is 4.98 Å². The van der Waals surface area contributed by atoms with Crippen molar-refractivity contribution in [1.29, 1.82) is 0 Å². The number of rotatable bonds is 3.